The van der Waals surface area contributed by atoms with Crippen LogP contribution in [-0.2, 0) is 13.0 Å². The average Bonchev–Trinajstić information content (AvgIpc) is 2.73. The summed E-state index contributed by atoms with van der Waals surface area (Å²) in [6, 6.07) is 6.14. The molecular weight excluding hydrogens is 324 g/mol. The van der Waals surface area contributed by atoms with E-state index in [0.29, 0.717) is 6.61 Å². The summed E-state index contributed by atoms with van der Waals surface area (Å²) in [7, 11) is 0. The van der Waals surface area contributed by atoms with Gasteiger partial charge < -0.3 is 10.5 Å². The Hall–Kier alpha value is -0.910. The zero-order valence-electron chi connectivity index (χ0n) is 11.0. The first-order valence-corrected chi connectivity index (χ1v) is 7.80. The maximum atomic E-state index is 5.91. The van der Waals surface area contributed by atoms with Crippen molar-refractivity contribution >= 4 is 27.3 Å². The number of hydrogen-bond donors (Lipinski definition) is 1. The molecule has 1 heterocycles. The van der Waals surface area contributed by atoms with Gasteiger partial charge in [0.05, 0.1) is 4.47 Å². The highest BCUT2D eigenvalue weighted by molar-refractivity contribution is 9.10. The van der Waals surface area contributed by atoms with Crippen LogP contribution in [-0.4, -0.2) is 11.0 Å². The van der Waals surface area contributed by atoms with Crippen LogP contribution in [0, 0.1) is 6.92 Å². The Labute approximate surface area is 125 Å². The highest BCUT2D eigenvalue weighted by atomic mass is 79.9. The van der Waals surface area contributed by atoms with Gasteiger partial charge in [0, 0.05) is 17.1 Å². The SMILES string of the molecule is Cc1csc(COc2c(Br)cccc2CC(C)N)n1. The van der Waals surface area contributed by atoms with Crippen molar-refractivity contribution in [3.05, 3.63) is 44.3 Å². The molecule has 1 atom stereocenters. The molecule has 0 aliphatic rings. The van der Waals surface area contributed by atoms with Crippen molar-refractivity contribution in [1.82, 2.24) is 4.98 Å². The summed E-state index contributed by atoms with van der Waals surface area (Å²) in [5.41, 5.74) is 8.03. The third kappa shape index (κ3) is 4.03. The minimum Gasteiger partial charge on any atom is -0.485 e. The topological polar surface area (TPSA) is 48.1 Å². The molecule has 2 aromatic rings. The molecule has 102 valence electrons. The van der Waals surface area contributed by atoms with E-state index in [4.69, 9.17) is 10.5 Å². The number of aryl methyl sites for hydroxylation is 1. The molecule has 5 heteroatoms. The minimum atomic E-state index is 0.110. The van der Waals surface area contributed by atoms with Crippen LogP contribution in [0.5, 0.6) is 5.75 Å². The summed E-state index contributed by atoms with van der Waals surface area (Å²) < 4.78 is 6.87. The van der Waals surface area contributed by atoms with Crippen molar-refractivity contribution in [3.8, 4) is 5.75 Å². The van der Waals surface area contributed by atoms with Gasteiger partial charge in [-0.1, -0.05) is 12.1 Å². The number of benzene rings is 1. The standard InChI is InChI=1S/C14H17BrN2OS/c1-9(16)6-11-4-3-5-12(15)14(11)18-7-13-17-10(2)8-19-13/h3-5,8-9H,6-7,16H2,1-2H3. The molecule has 0 saturated carbocycles. The first-order valence-electron chi connectivity index (χ1n) is 6.13. The van der Waals surface area contributed by atoms with Crippen LogP contribution in [0.1, 0.15) is 23.2 Å². The van der Waals surface area contributed by atoms with E-state index in [1.54, 1.807) is 11.3 Å². The zero-order chi connectivity index (χ0) is 13.8. The van der Waals surface area contributed by atoms with Crippen LogP contribution < -0.4 is 10.5 Å². The van der Waals surface area contributed by atoms with E-state index in [-0.39, 0.29) is 6.04 Å². The normalized spacial score (nSPS) is 12.4. The van der Waals surface area contributed by atoms with E-state index in [9.17, 15) is 0 Å². The lowest BCUT2D eigenvalue weighted by Crippen LogP contribution is -2.18. The van der Waals surface area contributed by atoms with Gasteiger partial charge in [-0.3, -0.25) is 0 Å². The zero-order valence-corrected chi connectivity index (χ0v) is 13.4. The number of ether oxygens (including phenoxy) is 1. The van der Waals surface area contributed by atoms with Crippen molar-refractivity contribution in [1.29, 1.82) is 0 Å². The predicted octanol–water partition coefficient (Wildman–Crippen LogP) is 3.68. The smallest absolute Gasteiger partial charge is 0.140 e. The number of para-hydroxylation sites is 1. The second kappa shape index (κ2) is 6.50. The molecule has 2 rings (SSSR count). The van der Waals surface area contributed by atoms with Crippen LogP contribution in [0.15, 0.2) is 28.1 Å². The highest BCUT2D eigenvalue weighted by Gasteiger charge is 2.11. The van der Waals surface area contributed by atoms with Crippen molar-refractivity contribution in [2.24, 2.45) is 5.73 Å². The van der Waals surface area contributed by atoms with E-state index in [1.165, 1.54) is 0 Å². The molecule has 0 bridgehead atoms. The fourth-order valence-corrected chi connectivity index (χ4v) is 3.03. The van der Waals surface area contributed by atoms with Gasteiger partial charge in [-0.2, -0.15) is 0 Å². The molecule has 0 amide bonds. The number of rotatable bonds is 5. The Morgan fingerprint density at radius 2 is 2.26 bits per heavy atom. The molecule has 0 fully saturated rings. The van der Waals surface area contributed by atoms with Gasteiger partial charge >= 0.3 is 0 Å². The molecule has 1 aromatic heterocycles. The lowest BCUT2D eigenvalue weighted by molar-refractivity contribution is 0.299. The Morgan fingerprint density at radius 3 is 2.89 bits per heavy atom. The number of nitrogens with two attached hydrogens (primary N) is 1. The van der Waals surface area contributed by atoms with Crippen LogP contribution in [0.4, 0.5) is 0 Å². The van der Waals surface area contributed by atoms with E-state index < -0.39 is 0 Å². The fourth-order valence-electron chi connectivity index (χ4n) is 1.83. The maximum Gasteiger partial charge on any atom is 0.140 e. The third-order valence-electron chi connectivity index (χ3n) is 2.60. The molecule has 3 nitrogen and oxygen atoms in total. The predicted molar refractivity (Wildman–Crippen MR) is 82.7 cm³/mol. The number of halogens is 1. The van der Waals surface area contributed by atoms with Gasteiger partial charge in [-0.15, -0.1) is 11.3 Å². The molecule has 1 aromatic carbocycles. The second-order valence-corrected chi connectivity index (χ2v) is 6.38. The molecule has 0 aliphatic heterocycles. The molecular formula is C14H17BrN2OS. The number of thiazole rings is 1. The van der Waals surface area contributed by atoms with Gasteiger partial charge in [0.15, 0.2) is 0 Å². The first-order chi connectivity index (χ1) is 9.06. The highest BCUT2D eigenvalue weighted by Crippen LogP contribution is 2.30. The van der Waals surface area contributed by atoms with Crippen molar-refractivity contribution in [2.45, 2.75) is 32.9 Å². The van der Waals surface area contributed by atoms with Crippen LogP contribution in [0.2, 0.25) is 0 Å². The van der Waals surface area contributed by atoms with Crippen LogP contribution in [0.3, 0.4) is 0 Å². The molecule has 1 unspecified atom stereocenters. The average molecular weight is 341 g/mol. The molecule has 0 saturated heterocycles. The number of aromatic nitrogens is 1. The van der Waals surface area contributed by atoms with Crippen molar-refractivity contribution in [3.63, 3.8) is 0 Å². The van der Waals surface area contributed by atoms with Gasteiger partial charge in [-0.25, -0.2) is 4.98 Å². The van der Waals surface area contributed by atoms with E-state index >= 15 is 0 Å². The number of hydrogen-bond acceptors (Lipinski definition) is 4. The van der Waals surface area contributed by atoms with Gasteiger partial charge in [0.1, 0.15) is 17.4 Å². The molecule has 0 radical (unpaired) electrons. The summed E-state index contributed by atoms with van der Waals surface area (Å²) in [5.74, 6) is 0.868. The van der Waals surface area contributed by atoms with E-state index in [0.717, 1.165) is 32.9 Å². The Bertz CT molecular complexity index is 554. The molecule has 0 aliphatic carbocycles. The minimum absolute atomic E-state index is 0.110. The fraction of sp³-hybridized carbons (Fsp3) is 0.357. The monoisotopic (exact) mass is 340 g/mol. The summed E-state index contributed by atoms with van der Waals surface area (Å²) in [6.07, 6.45) is 0.797. The van der Waals surface area contributed by atoms with E-state index in [2.05, 4.69) is 27.0 Å². The summed E-state index contributed by atoms with van der Waals surface area (Å²) in [6.45, 7) is 4.47. The van der Waals surface area contributed by atoms with Gasteiger partial charge in [0.25, 0.3) is 0 Å². The summed E-state index contributed by atoms with van der Waals surface area (Å²) in [5, 5.41) is 3.02. The lowest BCUT2D eigenvalue weighted by Gasteiger charge is -2.14. The Kier molecular flexibility index (Phi) is 4.96. The Morgan fingerprint density at radius 1 is 1.47 bits per heavy atom. The summed E-state index contributed by atoms with van der Waals surface area (Å²) in [4.78, 5) is 4.40. The van der Waals surface area contributed by atoms with Crippen LogP contribution in [0.25, 0.3) is 0 Å². The molecule has 2 N–H and O–H groups in total. The van der Waals surface area contributed by atoms with Crippen LogP contribution >= 0.6 is 27.3 Å². The quantitative estimate of drug-likeness (QED) is 0.902. The summed E-state index contributed by atoms with van der Waals surface area (Å²) >= 11 is 5.15. The molecule has 0 spiro atoms. The third-order valence-corrected chi connectivity index (χ3v) is 4.16. The lowest BCUT2D eigenvalue weighted by atomic mass is 10.1. The second-order valence-electron chi connectivity index (χ2n) is 4.58. The van der Waals surface area contributed by atoms with E-state index in [1.807, 2.05) is 31.4 Å². The van der Waals surface area contributed by atoms with Crippen molar-refractivity contribution < 1.29 is 4.74 Å². The largest absolute Gasteiger partial charge is 0.485 e. The molecule has 19 heavy (non-hydrogen) atoms. The Balaban J connectivity index is 2.14. The maximum absolute atomic E-state index is 5.91. The van der Waals surface area contributed by atoms with Gasteiger partial charge in [0.2, 0.25) is 0 Å². The van der Waals surface area contributed by atoms with Crippen molar-refractivity contribution in [2.75, 3.05) is 0 Å². The van der Waals surface area contributed by atoms with Gasteiger partial charge in [-0.05, 0) is 47.8 Å². The first kappa shape index (κ1) is 14.5. The number of nitrogens with zero attached hydrogens (tertiary/aromatic N) is 1.